The lowest BCUT2D eigenvalue weighted by Crippen LogP contribution is -2.26. The number of carboxylic acid groups (broad SMARTS) is 1. The highest BCUT2D eigenvalue weighted by atomic mass is 19.3. The van der Waals surface area contributed by atoms with E-state index in [9.17, 15) is 23.5 Å². The first-order valence-electron chi connectivity index (χ1n) is 10.0. The molecule has 3 aromatic rings. The molecule has 2 saturated carbocycles. The van der Waals surface area contributed by atoms with E-state index >= 15 is 0 Å². The zero-order chi connectivity index (χ0) is 21.3. The highest BCUT2D eigenvalue weighted by Gasteiger charge is 2.59. The molecule has 0 amide bonds. The number of nitrogens with zero attached hydrogens (tertiary/aromatic N) is 2. The van der Waals surface area contributed by atoms with E-state index < -0.39 is 23.2 Å². The molecule has 0 bridgehead atoms. The number of H-pyrrole nitrogens is 1. The maximum absolute atomic E-state index is 13.5. The summed E-state index contributed by atoms with van der Waals surface area (Å²) in [4.78, 5) is 26.2. The van der Waals surface area contributed by atoms with E-state index in [0.29, 0.717) is 30.6 Å². The number of aromatic amines is 1. The summed E-state index contributed by atoms with van der Waals surface area (Å²) < 4.78 is 33.4. The van der Waals surface area contributed by atoms with Crippen LogP contribution in [0.3, 0.4) is 0 Å². The zero-order valence-corrected chi connectivity index (χ0v) is 16.3. The molecular formula is C21H21F2N3O4. The second kappa shape index (κ2) is 6.26. The van der Waals surface area contributed by atoms with Gasteiger partial charge in [0.2, 0.25) is 5.92 Å². The smallest absolute Gasteiger partial charge is 0.438 e. The van der Waals surface area contributed by atoms with Crippen LogP contribution in [-0.2, 0) is 5.54 Å². The van der Waals surface area contributed by atoms with Crippen molar-refractivity contribution in [2.24, 2.45) is 5.92 Å². The Morgan fingerprint density at radius 2 is 2.00 bits per heavy atom. The van der Waals surface area contributed by atoms with E-state index in [2.05, 4.69) is 14.7 Å². The minimum atomic E-state index is -2.59. The maximum Gasteiger partial charge on any atom is 0.438 e. The normalized spacial score (nSPS) is 26.2. The average molecular weight is 417 g/mol. The standard InChI is InChI=1S/C21H21F2N3O4/c1-11-10-21(11,18-24-19(29)30-25-18)26-15-3-2-13(8-14(15)9-16(26)17(27)28)12-4-6-20(22,23)7-5-12/h2-3,8-9,11-12H,4-7,10H2,1H3,(H,27,28)(H,24,25,29)/t11-,21-/m0/s1. The first kappa shape index (κ1) is 19.0. The van der Waals surface area contributed by atoms with Crippen molar-refractivity contribution in [1.29, 1.82) is 0 Å². The number of halogens is 2. The second-order valence-corrected chi connectivity index (χ2v) is 8.59. The summed E-state index contributed by atoms with van der Waals surface area (Å²) in [5, 5.41) is 14.4. The first-order valence-corrected chi connectivity index (χ1v) is 10.0. The molecule has 0 saturated heterocycles. The fourth-order valence-electron chi connectivity index (χ4n) is 5.02. The van der Waals surface area contributed by atoms with Crippen LogP contribution in [0, 0.1) is 5.92 Å². The topological polar surface area (TPSA) is 101 Å². The molecule has 30 heavy (non-hydrogen) atoms. The lowest BCUT2D eigenvalue weighted by atomic mass is 9.82. The lowest BCUT2D eigenvalue weighted by Gasteiger charge is -2.28. The monoisotopic (exact) mass is 417 g/mol. The number of hydrogen-bond donors (Lipinski definition) is 2. The summed E-state index contributed by atoms with van der Waals surface area (Å²) in [5.41, 5.74) is 0.937. The van der Waals surface area contributed by atoms with Gasteiger partial charge in [0.1, 0.15) is 11.2 Å². The Morgan fingerprint density at radius 3 is 2.57 bits per heavy atom. The molecule has 0 radical (unpaired) electrons. The summed E-state index contributed by atoms with van der Waals surface area (Å²) in [6.07, 6.45) is 1.17. The highest BCUT2D eigenvalue weighted by molar-refractivity contribution is 5.95. The Hall–Kier alpha value is -2.97. The van der Waals surface area contributed by atoms with Crippen LogP contribution in [0.5, 0.6) is 0 Å². The van der Waals surface area contributed by atoms with E-state index in [1.54, 1.807) is 10.6 Å². The average Bonchev–Trinajstić information content (AvgIpc) is 3.04. The van der Waals surface area contributed by atoms with Gasteiger partial charge in [0.25, 0.3) is 0 Å². The van der Waals surface area contributed by atoms with Gasteiger partial charge in [-0.15, -0.1) is 0 Å². The second-order valence-electron chi connectivity index (χ2n) is 8.59. The van der Waals surface area contributed by atoms with E-state index in [0.717, 1.165) is 10.9 Å². The third-order valence-corrected chi connectivity index (χ3v) is 6.76. The van der Waals surface area contributed by atoms with Crippen molar-refractivity contribution in [2.45, 2.75) is 56.4 Å². The molecule has 7 nitrogen and oxygen atoms in total. The van der Waals surface area contributed by atoms with Crippen molar-refractivity contribution in [3.05, 3.63) is 51.9 Å². The Labute approximate surface area is 169 Å². The van der Waals surface area contributed by atoms with Crippen molar-refractivity contribution < 1.29 is 23.2 Å². The Balaban J connectivity index is 1.62. The van der Waals surface area contributed by atoms with Crippen molar-refractivity contribution in [1.82, 2.24) is 14.7 Å². The molecule has 2 N–H and O–H groups in total. The maximum atomic E-state index is 13.5. The van der Waals surface area contributed by atoms with Crippen LogP contribution in [0.2, 0.25) is 0 Å². The summed E-state index contributed by atoms with van der Waals surface area (Å²) in [7, 11) is 0. The number of aromatic nitrogens is 3. The van der Waals surface area contributed by atoms with E-state index in [1.165, 1.54) is 0 Å². The largest absolute Gasteiger partial charge is 0.477 e. The summed E-state index contributed by atoms with van der Waals surface area (Å²) in [6, 6.07) is 7.24. The van der Waals surface area contributed by atoms with Gasteiger partial charge in [-0.05, 0) is 54.9 Å². The van der Waals surface area contributed by atoms with Crippen molar-refractivity contribution in [3.63, 3.8) is 0 Å². The molecule has 9 heteroatoms. The molecule has 5 rings (SSSR count). The number of nitrogens with one attached hydrogen (secondary N) is 1. The number of alkyl halides is 2. The predicted octanol–water partition coefficient (Wildman–Crippen LogP) is 4.09. The van der Waals surface area contributed by atoms with E-state index in [-0.39, 0.29) is 30.4 Å². The number of carboxylic acids is 1. The van der Waals surface area contributed by atoms with E-state index in [1.807, 2.05) is 25.1 Å². The summed E-state index contributed by atoms with van der Waals surface area (Å²) in [6.45, 7) is 1.96. The van der Waals surface area contributed by atoms with Gasteiger partial charge < -0.3 is 9.67 Å². The van der Waals surface area contributed by atoms with Crippen molar-refractivity contribution >= 4 is 16.9 Å². The van der Waals surface area contributed by atoms with Gasteiger partial charge in [0, 0.05) is 23.7 Å². The number of hydrogen-bond acceptors (Lipinski definition) is 4. The van der Waals surface area contributed by atoms with E-state index in [4.69, 9.17) is 0 Å². The molecule has 2 atom stereocenters. The summed E-state index contributed by atoms with van der Waals surface area (Å²) >= 11 is 0. The third-order valence-electron chi connectivity index (χ3n) is 6.76. The van der Waals surface area contributed by atoms with Gasteiger partial charge in [-0.3, -0.25) is 9.51 Å². The minimum Gasteiger partial charge on any atom is -0.477 e. The third kappa shape index (κ3) is 2.79. The van der Waals surface area contributed by atoms with Crippen LogP contribution in [0.4, 0.5) is 8.78 Å². The number of benzene rings is 1. The Bertz CT molecular complexity index is 1200. The van der Waals surface area contributed by atoms with Gasteiger partial charge in [0.15, 0.2) is 5.82 Å². The molecule has 0 spiro atoms. The summed E-state index contributed by atoms with van der Waals surface area (Å²) in [5.74, 6) is -3.98. The van der Waals surface area contributed by atoms with Crippen LogP contribution in [0.1, 0.15) is 66.8 Å². The van der Waals surface area contributed by atoms with Crippen LogP contribution in [0.15, 0.2) is 33.6 Å². The first-order chi connectivity index (χ1) is 14.2. The van der Waals surface area contributed by atoms with Crippen molar-refractivity contribution in [2.75, 3.05) is 0 Å². The van der Waals surface area contributed by atoms with Gasteiger partial charge in [-0.25, -0.2) is 18.4 Å². The number of carbonyl (C=O) groups is 1. The molecule has 0 unspecified atom stereocenters. The molecule has 2 aliphatic rings. The van der Waals surface area contributed by atoms with Crippen LogP contribution < -0.4 is 5.76 Å². The van der Waals surface area contributed by atoms with Crippen LogP contribution in [0.25, 0.3) is 10.9 Å². The molecule has 2 aliphatic carbocycles. The lowest BCUT2D eigenvalue weighted by molar-refractivity contribution is -0.0382. The molecule has 2 aromatic heterocycles. The minimum absolute atomic E-state index is 0.0337. The molecule has 2 heterocycles. The molecule has 1 aromatic carbocycles. The number of fused-ring (bicyclic) bond motifs is 1. The molecule has 2 fully saturated rings. The molecule has 158 valence electrons. The molecular weight excluding hydrogens is 396 g/mol. The van der Waals surface area contributed by atoms with Gasteiger partial charge >= 0.3 is 11.7 Å². The van der Waals surface area contributed by atoms with Crippen LogP contribution in [-0.4, -0.2) is 31.7 Å². The number of rotatable bonds is 4. The predicted molar refractivity (Wildman–Crippen MR) is 103 cm³/mol. The zero-order valence-electron chi connectivity index (χ0n) is 16.3. The van der Waals surface area contributed by atoms with Crippen LogP contribution >= 0.6 is 0 Å². The number of aromatic carboxylic acids is 1. The highest BCUT2D eigenvalue weighted by Crippen LogP contribution is 2.55. The quantitative estimate of drug-likeness (QED) is 0.666. The Kier molecular flexibility index (Phi) is 3.97. The van der Waals surface area contributed by atoms with Gasteiger partial charge in [-0.1, -0.05) is 18.1 Å². The Morgan fingerprint density at radius 1 is 1.30 bits per heavy atom. The fraction of sp³-hybridized carbons (Fsp3) is 0.476. The SMILES string of the molecule is C[C@H]1C[C@]1(c1noc(=O)[nH]1)n1c(C(=O)O)cc2cc(C3CCC(F)(F)CC3)ccc21. The van der Waals surface area contributed by atoms with Crippen molar-refractivity contribution in [3.8, 4) is 0 Å². The molecule has 0 aliphatic heterocycles. The fourth-order valence-corrected chi connectivity index (χ4v) is 5.02. The van der Waals surface area contributed by atoms with Gasteiger partial charge in [-0.2, -0.15) is 0 Å². The van der Waals surface area contributed by atoms with Gasteiger partial charge in [0.05, 0.1) is 0 Å².